The number of nitriles is 1. The molecule has 7 nitrogen and oxygen atoms in total. The molecule has 0 aliphatic carbocycles. The lowest BCUT2D eigenvalue weighted by atomic mass is 9.89. The van der Waals surface area contributed by atoms with E-state index in [4.69, 9.17) is 21.1 Å². The Hall–Kier alpha value is -2.46. The molecule has 1 heterocycles. The van der Waals surface area contributed by atoms with Crippen LogP contribution in [0, 0.1) is 11.3 Å². The number of alkyl halides is 1. The van der Waals surface area contributed by atoms with Crippen molar-refractivity contribution in [2.75, 3.05) is 17.8 Å². The van der Waals surface area contributed by atoms with Crippen molar-refractivity contribution in [3.05, 3.63) is 29.3 Å². The predicted molar refractivity (Wildman–Crippen MR) is 106 cm³/mol. The minimum atomic E-state index is -0.800. The first kappa shape index (κ1) is 21.8. The van der Waals surface area contributed by atoms with Gasteiger partial charge in [0, 0.05) is 11.6 Å². The molecule has 1 aliphatic heterocycles. The smallest absolute Gasteiger partial charge is 0.411 e. The molecule has 1 aromatic carbocycles. The average Bonchev–Trinajstić information content (AvgIpc) is 2.86. The Balaban J connectivity index is 2.22. The summed E-state index contributed by atoms with van der Waals surface area (Å²) in [6, 6.07) is 7.51. The SMILES string of the molecule is CC(C)(C)OC(=O)N1Cc2cc(NC(=O)OCCCCl)ccc2C1(C)CC#N. The summed E-state index contributed by atoms with van der Waals surface area (Å²) in [6.07, 6.45) is -0.327. The highest BCUT2D eigenvalue weighted by Gasteiger charge is 2.45. The van der Waals surface area contributed by atoms with Gasteiger partial charge < -0.3 is 9.47 Å². The maximum Gasteiger partial charge on any atom is 0.411 e. The van der Waals surface area contributed by atoms with Crippen molar-refractivity contribution in [3.8, 4) is 6.07 Å². The van der Waals surface area contributed by atoms with Gasteiger partial charge in [0.25, 0.3) is 0 Å². The number of benzene rings is 1. The van der Waals surface area contributed by atoms with Crippen LogP contribution in [-0.4, -0.2) is 35.2 Å². The van der Waals surface area contributed by atoms with Crippen LogP contribution in [0.3, 0.4) is 0 Å². The van der Waals surface area contributed by atoms with Gasteiger partial charge in [-0.2, -0.15) is 5.26 Å². The molecular weight excluding hydrogens is 382 g/mol. The van der Waals surface area contributed by atoms with Crippen molar-refractivity contribution >= 4 is 29.5 Å². The number of fused-ring (bicyclic) bond motifs is 1. The second kappa shape index (κ2) is 8.70. The monoisotopic (exact) mass is 407 g/mol. The van der Waals surface area contributed by atoms with Gasteiger partial charge in [-0.1, -0.05) is 6.07 Å². The third-order valence-electron chi connectivity index (χ3n) is 4.40. The quantitative estimate of drug-likeness (QED) is 0.562. The van der Waals surface area contributed by atoms with Crippen molar-refractivity contribution in [1.82, 2.24) is 4.90 Å². The highest BCUT2D eigenvalue weighted by molar-refractivity contribution is 6.17. The molecule has 0 spiro atoms. The first-order valence-corrected chi connectivity index (χ1v) is 9.65. The molecule has 2 amide bonds. The number of anilines is 1. The number of halogens is 1. The summed E-state index contributed by atoms with van der Waals surface area (Å²) in [4.78, 5) is 26.1. The fraction of sp³-hybridized carbons (Fsp3) is 0.550. The van der Waals surface area contributed by atoms with Gasteiger partial charge in [-0.25, -0.2) is 9.59 Å². The van der Waals surface area contributed by atoms with Crippen LogP contribution in [0.1, 0.15) is 51.7 Å². The number of hydrogen-bond acceptors (Lipinski definition) is 5. The Labute approximate surface area is 170 Å². The summed E-state index contributed by atoms with van der Waals surface area (Å²) in [5, 5.41) is 12.0. The van der Waals surface area contributed by atoms with E-state index in [9.17, 15) is 14.9 Å². The van der Waals surface area contributed by atoms with Gasteiger partial charge in [-0.05, 0) is 57.4 Å². The van der Waals surface area contributed by atoms with Gasteiger partial charge in [0.05, 0.1) is 31.2 Å². The molecule has 28 heavy (non-hydrogen) atoms. The second-order valence-electron chi connectivity index (χ2n) is 7.85. The molecule has 1 unspecified atom stereocenters. The molecule has 0 fully saturated rings. The van der Waals surface area contributed by atoms with Crippen LogP contribution in [0.5, 0.6) is 0 Å². The van der Waals surface area contributed by atoms with E-state index < -0.39 is 23.3 Å². The van der Waals surface area contributed by atoms with Crippen LogP contribution in [0.2, 0.25) is 0 Å². The number of amides is 2. The highest BCUT2D eigenvalue weighted by Crippen LogP contribution is 2.43. The molecule has 152 valence electrons. The fourth-order valence-corrected chi connectivity index (χ4v) is 3.23. The summed E-state index contributed by atoms with van der Waals surface area (Å²) >= 11 is 5.56. The first-order chi connectivity index (χ1) is 13.1. The Bertz CT molecular complexity index is 785. The van der Waals surface area contributed by atoms with Gasteiger partial charge in [-0.3, -0.25) is 10.2 Å². The zero-order chi connectivity index (χ0) is 20.9. The third kappa shape index (κ3) is 5.08. The maximum atomic E-state index is 12.7. The summed E-state index contributed by atoms with van der Waals surface area (Å²) in [7, 11) is 0. The van der Waals surface area contributed by atoms with E-state index in [0.29, 0.717) is 24.5 Å². The van der Waals surface area contributed by atoms with Crippen LogP contribution in [-0.2, 0) is 21.6 Å². The minimum absolute atomic E-state index is 0.131. The fourth-order valence-electron chi connectivity index (χ4n) is 3.12. The van der Waals surface area contributed by atoms with Crippen LogP contribution in [0.15, 0.2) is 18.2 Å². The van der Waals surface area contributed by atoms with Crippen LogP contribution in [0.25, 0.3) is 0 Å². The zero-order valence-corrected chi connectivity index (χ0v) is 17.4. The third-order valence-corrected chi connectivity index (χ3v) is 4.67. The highest BCUT2D eigenvalue weighted by atomic mass is 35.5. The first-order valence-electron chi connectivity index (χ1n) is 9.11. The molecule has 8 heteroatoms. The maximum absolute atomic E-state index is 12.7. The van der Waals surface area contributed by atoms with Crippen molar-refractivity contribution in [2.24, 2.45) is 0 Å². The lowest BCUT2D eigenvalue weighted by molar-refractivity contribution is 0.00264. The van der Waals surface area contributed by atoms with Crippen molar-refractivity contribution in [2.45, 2.75) is 58.2 Å². The number of hydrogen-bond donors (Lipinski definition) is 1. The topological polar surface area (TPSA) is 91.7 Å². The van der Waals surface area contributed by atoms with Crippen molar-refractivity contribution in [1.29, 1.82) is 5.26 Å². The molecule has 0 bridgehead atoms. The van der Waals surface area contributed by atoms with Crippen molar-refractivity contribution < 1.29 is 19.1 Å². The zero-order valence-electron chi connectivity index (χ0n) is 16.7. The van der Waals surface area contributed by atoms with E-state index in [-0.39, 0.29) is 13.0 Å². The van der Waals surface area contributed by atoms with Crippen LogP contribution >= 0.6 is 11.6 Å². The Kier molecular flexibility index (Phi) is 6.78. The summed E-state index contributed by atoms with van der Waals surface area (Å²) in [5.41, 5.74) is 0.827. The van der Waals surface area contributed by atoms with Gasteiger partial charge in [-0.15, -0.1) is 11.6 Å². The Morgan fingerprint density at radius 1 is 1.39 bits per heavy atom. The normalized spacial score (nSPS) is 18.2. The van der Waals surface area contributed by atoms with E-state index in [1.165, 1.54) is 0 Å². The summed E-state index contributed by atoms with van der Waals surface area (Å²) < 4.78 is 10.6. The lowest BCUT2D eigenvalue weighted by Gasteiger charge is -2.35. The van der Waals surface area contributed by atoms with Gasteiger partial charge in [0.2, 0.25) is 0 Å². The number of ether oxygens (including phenoxy) is 2. The standard InChI is InChI=1S/C20H26ClN3O4/c1-19(2,3)28-18(26)24-13-14-12-15(23-17(25)27-11-5-9-21)6-7-16(14)20(24,4)8-10-22/h6-7,12H,5,8-9,11,13H2,1-4H3,(H,23,25). The summed E-state index contributed by atoms with van der Waals surface area (Å²) in [6.45, 7) is 7.78. The van der Waals surface area contributed by atoms with E-state index in [0.717, 1.165) is 11.1 Å². The number of rotatable bonds is 5. The Morgan fingerprint density at radius 3 is 2.71 bits per heavy atom. The van der Waals surface area contributed by atoms with Gasteiger partial charge >= 0.3 is 12.2 Å². The molecule has 0 aromatic heterocycles. The van der Waals surface area contributed by atoms with Crippen molar-refractivity contribution in [3.63, 3.8) is 0 Å². The number of nitrogens with zero attached hydrogens (tertiary/aromatic N) is 2. The van der Waals surface area contributed by atoms with Gasteiger partial charge in [0.15, 0.2) is 0 Å². The molecular formula is C20H26ClN3O4. The second-order valence-corrected chi connectivity index (χ2v) is 8.23. The van der Waals surface area contributed by atoms with Crippen LogP contribution in [0.4, 0.5) is 15.3 Å². The molecule has 2 rings (SSSR count). The van der Waals surface area contributed by atoms with E-state index >= 15 is 0 Å². The number of carbonyl (C=O) groups is 2. The average molecular weight is 408 g/mol. The van der Waals surface area contributed by atoms with E-state index in [1.807, 2.05) is 13.0 Å². The lowest BCUT2D eigenvalue weighted by Crippen LogP contribution is -2.44. The largest absolute Gasteiger partial charge is 0.449 e. The molecule has 1 atom stereocenters. The minimum Gasteiger partial charge on any atom is -0.449 e. The van der Waals surface area contributed by atoms with E-state index in [1.54, 1.807) is 37.8 Å². The number of nitrogens with one attached hydrogen (secondary N) is 1. The Morgan fingerprint density at radius 2 is 2.11 bits per heavy atom. The molecule has 0 saturated heterocycles. The molecule has 1 aromatic rings. The molecule has 1 N–H and O–H groups in total. The summed E-state index contributed by atoms with van der Waals surface area (Å²) in [5.74, 6) is 0.421. The predicted octanol–water partition coefficient (Wildman–Crippen LogP) is 4.74. The van der Waals surface area contributed by atoms with Crippen LogP contribution < -0.4 is 5.32 Å². The van der Waals surface area contributed by atoms with E-state index in [2.05, 4.69) is 11.4 Å². The molecule has 1 aliphatic rings. The molecule has 0 saturated carbocycles. The number of carbonyl (C=O) groups excluding carboxylic acids is 2. The van der Waals surface area contributed by atoms with Gasteiger partial charge in [0.1, 0.15) is 5.60 Å². The molecule has 0 radical (unpaired) electrons.